The highest BCUT2D eigenvalue weighted by molar-refractivity contribution is 6.29. The lowest BCUT2D eigenvalue weighted by molar-refractivity contribution is -0.140. The lowest BCUT2D eigenvalue weighted by Crippen LogP contribution is -2.39. The fourth-order valence-electron chi connectivity index (χ4n) is 1.24. The van der Waals surface area contributed by atoms with Gasteiger partial charge in [-0.25, -0.2) is 4.98 Å². The molecule has 0 radical (unpaired) electrons. The maximum atomic E-state index is 11.9. The lowest BCUT2D eigenvalue weighted by atomic mass is 10.2. The van der Waals surface area contributed by atoms with Crippen molar-refractivity contribution in [3.05, 3.63) is 29.0 Å². The third-order valence-corrected chi connectivity index (χ3v) is 2.12. The van der Waals surface area contributed by atoms with Gasteiger partial charge in [-0.1, -0.05) is 11.6 Å². The maximum absolute atomic E-state index is 11.9. The van der Waals surface area contributed by atoms with E-state index >= 15 is 0 Å². The number of carboxylic acids is 2. The first kappa shape index (κ1) is 13.9. The number of aromatic nitrogens is 1. The highest BCUT2D eigenvalue weighted by atomic mass is 35.5. The van der Waals surface area contributed by atoms with Gasteiger partial charge in [0.2, 0.25) is 0 Å². The zero-order valence-electron chi connectivity index (χ0n) is 9.04. The predicted octanol–water partition coefficient (Wildman–Crippen LogP) is 0.346. The van der Waals surface area contributed by atoms with Gasteiger partial charge >= 0.3 is 11.9 Å². The van der Waals surface area contributed by atoms with Crippen molar-refractivity contribution in [2.24, 2.45) is 0 Å². The number of carbonyl (C=O) groups excluding carboxylic acids is 1. The summed E-state index contributed by atoms with van der Waals surface area (Å²) in [6.45, 7) is -1.41. The van der Waals surface area contributed by atoms with Gasteiger partial charge in [0, 0.05) is 11.8 Å². The van der Waals surface area contributed by atoms with Crippen LogP contribution in [-0.2, 0) is 9.59 Å². The Kier molecular flexibility index (Phi) is 4.61. The van der Waals surface area contributed by atoms with E-state index in [-0.39, 0.29) is 10.7 Å². The highest BCUT2D eigenvalue weighted by Gasteiger charge is 2.21. The number of carbonyl (C=O) groups is 3. The van der Waals surface area contributed by atoms with Crippen molar-refractivity contribution in [1.82, 2.24) is 9.88 Å². The van der Waals surface area contributed by atoms with Crippen LogP contribution in [0.1, 0.15) is 10.4 Å². The molecule has 96 valence electrons. The Morgan fingerprint density at radius 1 is 1.22 bits per heavy atom. The summed E-state index contributed by atoms with van der Waals surface area (Å²) >= 11 is 5.59. The van der Waals surface area contributed by atoms with E-state index < -0.39 is 30.9 Å². The number of carboxylic acid groups (broad SMARTS) is 2. The molecule has 18 heavy (non-hydrogen) atoms. The van der Waals surface area contributed by atoms with E-state index in [0.717, 1.165) is 0 Å². The average Bonchev–Trinajstić information content (AvgIpc) is 2.26. The van der Waals surface area contributed by atoms with Gasteiger partial charge in [-0.05, 0) is 12.1 Å². The van der Waals surface area contributed by atoms with Gasteiger partial charge in [-0.2, -0.15) is 0 Å². The number of nitrogens with zero attached hydrogens (tertiary/aromatic N) is 2. The molecule has 0 aliphatic carbocycles. The van der Waals surface area contributed by atoms with Crippen molar-refractivity contribution < 1.29 is 24.6 Å². The molecule has 0 aliphatic rings. The number of hydrogen-bond donors (Lipinski definition) is 2. The number of halogens is 1. The number of aliphatic carboxylic acids is 2. The molecular weight excluding hydrogens is 264 g/mol. The first-order valence-electron chi connectivity index (χ1n) is 4.74. The minimum Gasteiger partial charge on any atom is -0.480 e. The van der Waals surface area contributed by atoms with Crippen LogP contribution >= 0.6 is 11.6 Å². The molecule has 1 amide bonds. The van der Waals surface area contributed by atoms with Crippen molar-refractivity contribution in [1.29, 1.82) is 0 Å². The Morgan fingerprint density at radius 2 is 1.78 bits per heavy atom. The second kappa shape index (κ2) is 5.97. The largest absolute Gasteiger partial charge is 0.480 e. The number of amides is 1. The van der Waals surface area contributed by atoms with Crippen molar-refractivity contribution >= 4 is 29.4 Å². The van der Waals surface area contributed by atoms with Gasteiger partial charge in [-0.15, -0.1) is 0 Å². The molecule has 0 spiro atoms. The molecule has 1 rings (SSSR count). The van der Waals surface area contributed by atoms with Crippen LogP contribution in [0, 0.1) is 0 Å². The van der Waals surface area contributed by atoms with Gasteiger partial charge in [0.1, 0.15) is 18.2 Å². The molecule has 0 aromatic carbocycles. The van der Waals surface area contributed by atoms with Crippen LogP contribution in [0.15, 0.2) is 18.3 Å². The van der Waals surface area contributed by atoms with E-state index in [4.69, 9.17) is 21.8 Å². The van der Waals surface area contributed by atoms with E-state index in [0.29, 0.717) is 4.90 Å². The van der Waals surface area contributed by atoms with Crippen molar-refractivity contribution in [3.63, 3.8) is 0 Å². The van der Waals surface area contributed by atoms with Crippen LogP contribution in [-0.4, -0.2) is 51.0 Å². The molecule has 0 saturated carbocycles. The number of hydrogen-bond acceptors (Lipinski definition) is 4. The SMILES string of the molecule is O=C(O)CN(CC(=O)O)C(=O)c1ccnc(Cl)c1. The fourth-order valence-corrected chi connectivity index (χ4v) is 1.42. The Hall–Kier alpha value is -2.15. The molecule has 1 heterocycles. The monoisotopic (exact) mass is 272 g/mol. The summed E-state index contributed by atoms with van der Waals surface area (Å²) in [5.74, 6) is -3.33. The Morgan fingerprint density at radius 3 is 2.22 bits per heavy atom. The Bertz CT molecular complexity index is 475. The van der Waals surface area contributed by atoms with Crippen LogP contribution in [0.25, 0.3) is 0 Å². The van der Waals surface area contributed by atoms with E-state index in [9.17, 15) is 14.4 Å². The zero-order valence-corrected chi connectivity index (χ0v) is 9.79. The zero-order chi connectivity index (χ0) is 13.7. The van der Waals surface area contributed by atoms with E-state index in [1.54, 1.807) is 0 Å². The number of rotatable bonds is 5. The Balaban J connectivity index is 2.94. The lowest BCUT2D eigenvalue weighted by Gasteiger charge is -2.18. The van der Waals surface area contributed by atoms with Crippen LogP contribution in [0.3, 0.4) is 0 Å². The van der Waals surface area contributed by atoms with E-state index in [1.807, 2.05) is 0 Å². The maximum Gasteiger partial charge on any atom is 0.323 e. The molecule has 0 saturated heterocycles. The molecule has 0 bridgehead atoms. The molecule has 8 heteroatoms. The first-order chi connectivity index (χ1) is 8.40. The second-order valence-electron chi connectivity index (χ2n) is 3.32. The summed E-state index contributed by atoms with van der Waals surface area (Å²) in [6.07, 6.45) is 1.27. The summed E-state index contributed by atoms with van der Waals surface area (Å²) in [7, 11) is 0. The molecule has 0 aliphatic heterocycles. The summed E-state index contributed by atoms with van der Waals surface area (Å²) in [5.41, 5.74) is 0.0810. The van der Waals surface area contributed by atoms with Gasteiger partial charge in [0.25, 0.3) is 5.91 Å². The van der Waals surface area contributed by atoms with Crippen molar-refractivity contribution in [3.8, 4) is 0 Å². The quantitative estimate of drug-likeness (QED) is 0.749. The fraction of sp³-hybridized carbons (Fsp3) is 0.200. The normalized spacial score (nSPS) is 9.83. The predicted molar refractivity (Wildman–Crippen MR) is 60.4 cm³/mol. The van der Waals surface area contributed by atoms with Gasteiger partial charge < -0.3 is 15.1 Å². The summed E-state index contributed by atoms with van der Waals surface area (Å²) in [5, 5.41) is 17.3. The summed E-state index contributed by atoms with van der Waals surface area (Å²) < 4.78 is 0. The van der Waals surface area contributed by atoms with Crippen molar-refractivity contribution in [2.75, 3.05) is 13.1 Å². The van der Waals surface area contributed by atoms with Gasteiger partial charge in [0.15, 0.2) is 0 Å². The summed E-state index contributed by atoms with van der Waals surface area (Å²) in [6, 6.07) is 2.56. The average molecular weight is 273 g/mol. The highest BCUT2D eigenvalue weighted by Crippen LogP contribution is 2.09. The molecule has 0 fully saturated rings. The molecule has 1 aromatic heterocycles. The molecular formula is C10H9ClN2O5. The smallest absolute Gasteiger partial charge is 0.323 e. The second-order valence-corrected chi connectivity index (χ2v) is 3.70. The van der Waals surface area contributed by atoms with Crippen molar-refractivity contribution in [2.45, 2.75) is 0 Å². The molecule has 0 unspecified atom stereocenters. The minimum atomic E-state index is -1.30. The van der Waals surface area contributed by atoms with Gasteiger partial charge in [0.05, 0.1) is 0 Å². The standard InChI is InChI=1S/C10H9ClN2O5/c11-7-3-6(1-2-12-7)10(18)13(4-8(14)15)5-9(16)17/h1-3H,4-5H2,(H,14,15)(H,16,17). The third-order valence-electron chi connectivity index (χ3n) is 1.91. The van der Waals surface area contributed by atoms with Crippen LogP contribution in [0.2, 0.25) is 5.15 Å². The first-order valence-corrected chi connectivity index (χ1v) is 5.12. The van der Waals surface area contributed by atoms with Crippen LogP contribution in [0.4, 0.5) is 0 Å². The minimum absolute atomic E-state index is 0.0615. The topological polar surface area (TPSA) is 108 Å². The summed E-state index contributed by atoms with van der Waals surface area (Å²) in [4.78, 5) is 37.4. The van der Waals surface area contributed by atoms with Crippen LogP contribution < -0.4 is 0 Å². The number of pyridine rings is 1. The molecule has 2 N–H and O–H groups in total. The molecule has 1 aromatic rings. The molecule has 0 atom stereocenters. The van der Waals surface area contributed by atoms with Crippen LogP contribution in [0.5, 0.6) is 0 Å². The Labute approximate surface area is 107 Å². The van der Waals surface area contributed by atoms with Gasteiger partial charge in [-0.3, -0.25) is 14.4 Å². The third kappa shape index (κ3) is 4.02. The molecule has 7 nitrogen and oxygen atoms in total. The van der Waals surface area contributed by atoms with E-state index in [2.05, 4.69) is 4.98 Å². The van der Waals surface area contributed by atoms with E-state index in [1.165, 1.54) is 18.3 Å².